The topological polar surface area (TPSA) is 289 Å². The Hall–Kier alpha value is -4.26. The predicted molar refractivity (Wildman–Crippen MR) is 177 cm³/mol. The second-order valence-corrected chi connectivity index (χ2v) is 16.8. The molecule has 23 heteroatoms. The molecule has 51 heavy (non-hydrogen) atoms. The van der Waals surface area contributed by atoms with Gasteiger partial charge in [0.15, 0.2) is 0 Å². The Balaban J connectivity index is 1.53. The molecule has 0 radical (unpaired) electrons. The van der Waals surface area contributed by atoms with E-state index in [1.165, 1.54) is 24.3 Å². The number of nitrogens with zero attached hydrogens (tertiary/aromatic N) is 2. The van der Waals surface area contributed by atoms with Crippen molar-refractivity contribution in [3.05, 3.63) is 40.8 Å². The molecule has 1 saturated heterocycles. The number of imide groups is 1. The zero-order valence-corrected chi connectivity index (χ0v) is 29.6. The summed E-state index contributed by atoms with van der Waals surface area (Å²) in [5.74, 6) is -3.09. The largest absolute Gasteiger partial charge is 0.422 e. The number of anilines is 1. The van der Waals surface area contributed by atoms with Crippen LogP contribution in [0.5, 0.6) is 0 Å². The standard InChI is InChI=1S/C28H31N3O16S4/c32-22(29-10-4-12-49(37,38)39)16-30(11-3-1-2-5-25(35)47-31-23(33)8-9-24(31)34)18-7-6-17-13-19(28(36)46-20(17)14-18)27-21(50(40,41)42)15-26(48-27)51(43,44)45/h6-7,13-15H,1-5,8-12,16H2,(H,29,32)(H,37,38,39)(H,40,41,42)(H,43,44,45). The fraction of sp³-hybridized carbons (Fsp3) is 0.393. The SMILES string of the molecule is O=C(CN(CCCCCC(=O)ON1C(=O)CCC1=O)c1ccc2cc(-c3sc(S(=O)(=O)O)cc3S(=O)(=O)O)c(=O)oc2c1)NCCCS(=O)(=O)O. The molecular weight excluding hydrogens is 763 g/mol. The molecule has 4 rings (SSSR count). The summed E-state index contributed by atoms with van der Waals surface area (Å²) in [5, 5.41) is 3.21. The molecule has 0 saturated carbocycles. The molecule has 3 amide bonds. The first-order chi connectivity index (χ1) is 23.7. The Morgan fingerprint density at radius 2 is 1.59 bits per heavy atom. The van der Waals surface area contributed by atoms with Gasteiger partial charge < -0.3 is 19.5 Å². The summed E-state index contributed by atoms with van der Waals surface area (Å²) in [6.07, 6.45) is 0.871. The molecule has 0 atom stereocenters. The second-order valence-electron chi connectivity index (χ2n) is 11.1. The van der Waals surface area contributed by atoms with Crippen molar-refractivity contribution >= 4 is 82.0 Å². The van der Waals surface area contributed by atoms with Crippen LogP contribution in [0.3, 0.4) is 0 Å². The van der Waals surface area contributed by atoms with E-state index < -0.39 is 85.0 Å². The van der Waals surface area contributed by atoms with E-state index in [9.17, 15) is 58.3 Å². The van der Waals surface area contributed by atoms with Gasteiger partial charge in [0.25, 0.3) is 32.1 Å². The number of hydroxylamine groups is 2. The summed E-state index contributed by atoms with van der Waals surface area (Å²) >= 11 is 0.218. The Labute approximate surface area is 294 Å². The van der Waals surface area contributed by atoms with Crippen molar-refractivity contribution in [1.29, 1.82) is 0 Å². The number of amides is 3. The average Bonchev–Trinajstić information content (AvgIpc) is 3.62. The van der Waals surface area contributed by atoms with Gasteiger partial charge in [0, 0.05) is 49.5 Å². The average molecular weight is 794 g/mol. The molecule has 1 aliphatic heterocycles. The maximum absolute atomic E-state index is 13.0. The molecule has 3 heterocycles. The number of thiophene rings is 1. The van der Waals surface area contributed by atoms with Crippen molar-refractivity contribution in [2.75, 3.05) is 30.3 Å². The Morgan fingerprint density at radius 1 is 0.902 bits per heavy atom. The monoisotopic (exact) mass is 793 g/mol. The van der Waals surface area contributed by atoms with Crippen LogP contribution in [-0.4, -0.2) is 93.1 Å². The molecule has 278 valence electrons. The van der Waals surface area contributed by atoms with Gasteiger partial charge in [-0.25, -0.2) is 9.59 Å². The summed E-state index contributed by atoms with van der Waals surface area (Å²) in [6.45, 7) is -0.137. The quantitative estimate of drug-likeness (QED) is 0.0650. The number of nitrogens with one attached hydrogen (secondary N) is 1. The Kier molecular flexibility index (Phi) is 12.4. The highest BCUT2D eigenvalue weighted by atomic mass is 32.3. The summed E-state index contributed by atoms with van der Waals surface area (Å²) < 4.78 is 102. The fourth-order valence-corrected chi connectivity index (χ4v) is 8.32. The minimum Gasteiger partial charge on any atom is -0.422 e. The number of hydrogen-bond donors (Lipinski definition) is 4. The number of benzene rings is 1. The molecule has 4 N–H and O–H groups in total. The summed E-state index contributed by atoms with van der Waals surface area (Å²) in [5.41, 5.74) is -1.23. The number of hydrogen-bond acceptors (Lipinski definition) is 15. The molecule has 1 aromatic carbocycles. The van der Waals surface area contributed by atoms with Crippen LogP contribution in [0.4, 0.5) is 5.69 Å². The number of carbonyl (C=O) groups excluding carboxylic acids is 4. The second kappa shape index (κ2) is 16.0. The minimum absolute atomic E-state index is 0.0338. The highest BCUT2D eigenvalue weighted by Gasteiger charge is 2.33. The minimum atomic E-state index is -5.05. The maximum Gasteiger partial charge on any atom is 0.345 e. The molecule has 0 aliphatic carbocycles. The first-order valence-electron chi connectivity index (χ1n) is 14.9. The third kappa shape index (κ3) is 10.9. The molecular formula is C28H31N3O16S4. The van der Waals surface area contributed by atoms with Gasteiger partial charge in [0.05, 0.1) is 22.7 Å². The molecule has 0 unspecified atom stereocenters. The molecule has 1 aliphatic rings. The van der Waals surface area contributed by atoms with Gasteiger partial charge in [-0.3, -0.25) is 28.0 Å². The molecule has 1 fully saturated rings. The zero-order valence-electron chi connectivity index (χ0n) is 26.3. The van der Waals surface area contributed by atoms with Crippen LogP contribution in [0.1, 0.15) is 44.9 Å². The van der Waals surface area contributed by atoms with Gasteiger partial charge in [0.2, 0.25) is 5.91 Å². The van der Waals surface area contributed by atoms with E-state index in [-0.39, 0.29) is 67.6 Å². The molecule has 0 bridgehead atoms. The van der Waals surface area contributed by atoms with E-state index in [1.807, 2.05) is 0 Å². The van der Waals surface area contributed by atoms with E-state index in [0.717, 1.165) is 0 Å². The Bertz CT molecular complexity index is 2230. The molecule has 0 spiro atoms. The van der Waals surface area contributed by atoms with Gasteiger partial charge in [-0.05, 0) is 43.5 Å². The van der Waals surface area contributed by atoms with Crippen LogP contribution in [0.15, 0.2) is 48.6 Å². The number of rotatable bonds is 17. The first kappa shape index (κ1) is 39.5. The van der Waals surface area contributed by atoms with Crippen LogP contribution in [0, 0.1) is 0 Å². The van der Waals surface area contributed by atoms with Gasteiger partial charge >= 0.3 is 21.7 Å². The van der Waals surface area contributed by atoms with Gasteiger partial charge in [0.1, 0.15) is 14.7 Å². The fourth-order valence-electron chi connectivity index (χ4n) is 4.88. The Morgan fingerprint density at radius 3 is 2.22 bits per heavy atom. The van der Waals surface area contributed by atoms with Crippen LogP contribution in [-0.2, 0) is 54.4 Å². The van der Waals surface area contributed by atoms with Crippen molar-refractivity contribution in [2.45, 2.75) is 54.1 Å². The number of carbonyl (C=O) groups is 4. The lowest BCUT2D eigenvalue weighted by molar-refractivity contribution is -0.197. The highest BCUT2D eigenvalue weighted by molar-refractivity contribution is 7.89. The van der Waals surface area contributed by atoms with Crippen LogP contribution in [0.2, 0.25) is 0 Å². The van der Waals surface area contributed by atoms with Crippen LogP contribution < -0.4 is 15.8 Å². The summed E-state index contributed by atoms with van der Waals surface area (Å²) in [7, 11) is -14.2. The normalized spacial score (nSPS) is 13.9. The van der Waals surface area contributed by atoms with Gasteiger partial charge in [-0.2, -0.15) is 25.3 Å². The summed E-state index contributed by atoms with van der Waals surface area (Å²) in [6, 6.07) is 6.07. The van der Waals surface area contributed by atoms with Gasteiger partial charge in [-0.15, -0.1) is 16.4 Å². The summed E-state index contributed by atoms with van der Waals surface area (Å²) in [4.78, 5) is 66.2. The lowest BCUT2D eigenvalue weighted by atomic mass is 10.1. The third-order valence-corrected chi connectivity index (χ3v) is 11.6. The van der Waals surface area contributed by atoms with Crippen LogP contribution in [0.25, 0.3) is 21.4 Å². The predicted octanol–water partition coefficient (Wildman–Crippen LogP) is 1.38. The number of fused-ring (bicyclic) bond motifs is 1. The lowest BCUT2D eigenvalue weighted by Gasteiger charge is -2.24. The van der Waals surface area contributed by atoms with Crippen LogP contribution >= 0.6 is 11.3 Å². The van der Waals surface area contributed by atoms with Crippen molar-refractivity contribution in [2.24, 2.45) is 0 Å². The van der Waals surface area contributed by atoms with E-state index >= 15 is 0 Å². The lowest BCUT2D eigenvalue weighted by Crippen LogP contribution is -2.38. The van der Waals surface area contributed by atoms with Crippen molar-refractivity contribution in [3.8, 4) is 10.4 Å². The van der Waals surface area contributed by atoms with Crippen molar-refractivity contribution in [1.82, 2.24) is 10.4 Å². The third-order valence-electron chi connectivity index (χ3n) is 7.28. The molecule has 19 nitrogen and oxygen atoms in total. The highest BCUT2D eigenvalue weighted by Crippen LogP contribution is 2.37. The van der Waals surface area contributed by atoms with Gasteiger partial charge in [-0.1, -0.05) is 6.42 Å². The molecule has 2 aromatic heterocycles. The van der Waals surface area contributed by atoms with E-state index in [2.05, 4.69) is 5.32 Å². The smallest absolute Gasteiger partial charge is 0.345 e. The zero-order chi connectivity index (χ0) is 37.7. The van der Waals surface area contributed by atoms with E-state index in [0.29, 0.717) is 36.1 Å². The van der Waals surface area contributed by atoms with E-state index in [1.54, 1.807) is 4.90 Å². The number of unbranched alkanes of at least 4 members (excludes halogenated alkanes) is 2. The first-order valence-corrected chi connectivity index (χ1v) is 20.2. The maximum atomic E-state index is 13.0. The van der Waals surface area contributed by atoms with Crippen molar-refractivity contribution < 1.29 is 67.3 Å². The molecule has 3 aromatic rings. The van der Waals surface area contributed by atoms with E-state index in [4.69, 9.17) is 13.8 Å². The van der Waals surface area contributed by atoms with Crippen molar-refractivity contribution in [3.63, 3.8) is 0 Å².